The second-order valence-electron chi connectivity index (χ2n) is 14.5. The maximum absolute atomic E-state index is 6.39. The molecule has 0 saturated heterocycles. The molecule has 2 heteroatoms. The molecule has 262 valence electrons. The Balaban J connectivity index is 0.986. The molecule has 1 aromatic heterocycles. The first-order valence-corrected chi connectivity index (χ1v) is 19.2. The molecule has 56 heavy (non-hydrogen) atoms. The van der Waals surface area contributed by atoms with Crippen molar-refractivity contribution in [2.45, 2.75) is 0 Å². The molecule has 11 rings (SSSR count). The maximum Gasteiger partial charge on any atom is 0.137 e. The van der Waals surface area contributed by atoms with Crippen LogP contribution in [0, 0.1) is 0 Å². The fourth-order valence-corrected chi connectivity index (χ4v) is 8.51. The first-order chi connectivity index (χ1) is 27.7. The van der Waals surface area contributed by atoms with Crippen LogP contribution in [0.3, 0.4) is 0 Å². The molecule has 0 fully saturated rings. The van der Waals surface area contributed by atoms with E-state index >= 15 is 0 Å². The number of nitrogens with zero attached hydrogens (tertiary/aromatic N) is 1. The van der Waals surface area contributed by atoms with E-state index in [9.17, 15) is 0 Å². The summed E-state index contributed by atoms with van der Waals surface area (Å²) in [6.07, 6.45) is 0. The average molecular weight is 714 g/mol. The van der Waals surface area contributed by atoms with E-state index in [2.05, 4.69) is 205 Å². The minimum atomic E-state index is 0.871. The third-order valence-electron chi connectivity index (χ3n) is 11.2. The van der Waals surface area contributed by atoms with E-state index < -0.39 is 0 Å². The van der Waals surface area contributed by atoms with E-state index in [0.717, 1.165) is 39.0 Å². The molecule has 0 saturated carbocycles. The number of fused-ring (bicyclic) bond motifs is 7. The van der Waals surface area contributed by atoms with Crippen LogP contribution in [-0.4, -0.2) is 0 Å². The number of para-hydroxylation sites is 1. The molecule has 0 aliphatic rings. The molecule has 0 aliphatic heterocycles. The van der Waals surface area contributed by atoms with Gasteiger partial charge in [-0.25, -0.2) is 0 Å². The van der Waals surface area contributed by atoms with Gasteiger partial charge in [0.1, 0.15) is 11.2 Å². The van der Waals surface area contributed by atoms with Gasteiger partial charge in [-0.15, -0.1) is 0 Å². The van der Waals surface area contributed by atoms with E-state index in [0.29, 0.717) is 0 Å². The van der Waals surface area contributed by atoms with Crippen molar-refractivity contribution in [1.29, 1.82) is 0 Å². The highest BCUT2D eigenvalue weighted by molar-refractivity contribution is 6.13. The van der Waals surface area contributed by atoms with Gasteiger partial charge < -0.3 is 9.32 Å². The minimum absolute atomic E-state index is 0.871. The lowest BCUT2D eigenvalue weighted by molar-refractivity contribution is 0.669. The Labute approximate surface area is 325 Å². The lowest BCUT2D eigenvalue weighted by atomic mass is 9.96. The molecule has 0 aliphatic carbocycles. The van der Waals surface area contributed by atoms with Crippen molar-refractivity contribution in [3.63, 3.8) is 0 Å². The summed E-state index contributed by atoms with van der Waals surface area (Å²) in [5.41, 5.74) is 12.1. The molecule has 0 bridgehead atoms. The fourth-order valence-electron chi connectivity index (χ4n) is 8.51. The number of anilines is 3. The molecular weight excluding hydrogens is 679 g/mol. The molecule has 0 amide bonds. The highest BCUT2D eigenvalue weighted by Gasteiger charge is 2.20. The Bertz CT molecular complexity index is 3240. The highest BCUT2D eigenvalue weighted by Crippen LogP contribution is 2.44. The molecule has 0 N–H and O–H groups in total. The van der Waals surface area contributed by atoms with E-state index in [1.165, 1.54) is 65.7 Å². The van der Waals surface area contributed by atoms with Crippen LogP contribution in [0.2, 0.25) is 0 Å². The molecular formula is C54H35NO. The fraction of sp³-hybridized carbons (Fsp3) is 0. The molecule has 0 unspecified atom stereocenters. The van der Waals surface area contributed by atoms with E-state index in [4.69, 9.17) is 4.42 Å². The molecule has 0 atom stereocenters. The topological polar surface area (TPSA) is 16.4 Å². The van der Waals surface area contributed by atoms with Crippen molar-refractivity contribution in [1.82, 2.24) is 0 Å². The lowest BCUT2D eigenvalue weighted by Crippen LogP contribution is -2.10. The van der Waals surface area contributed by atoms with Crippen molar-refractivity contribution in [3.05, 3.63) is 212 Å². The Morgan fingerprint density at radius 3 is 1.70 bits per heavy atom. The molecule has 0 spiro atoms. The van der Waals surface area contributed by atoms with Crippen LogP contribution in [0.25, 0.3) is 87.6 Å². The summed E-state index contributed by atoms with van der Waals surface area (Å²) in [6, 6.07) is 76.5. The quantitative estimate of drug-likeness (QED) is 0.160. The Morgan fingerprint density at radius 1 is 0.304 bits per heavy atom. The zero-order valence-corrected chi connectivity index (χ0v) is 30.6. The number of benzene rings is 10. The second kappa shape index (κ2) is 13.2. The summed E-state index contributed by atoms with van der Waals surface area (Å²) in [6.45, 7) is 0. The first kappa shape index (κ1) is 32.0. The average Bonchev–Trinajstić information content (AvgIpc) is 3.66. The summed E-state index contributed by atoms with van der Waals surface area (Å²) in [5.74, 6) is 0. The Morgan fingerprint density at radius 2 is 0.875 bits per heavy atom. The summed E-state index contributed by atoms with van der Waals surface area (Å²) in [4.78, 5) is 2.37. The van der Waals surface area contributed by atoms with Crippen molar-refractivity contribution < 1.29 is 4.42 Å². The van der Waals surface area contributed by atoms with Crippen LogP contribution in [0.5, 0.6) is 0 Å². The Kier molecular flexibility index (Phi) is 7.53. The van der Waals surface area contributed by atoms with E-state index in [1.807, 2.05) is 12.1 Å². The molecule has 0 radical (unpaired) electrons. The summed E-state index contributed by atoms with van der Waals surface area (Å²) in [7, 11) is 0. The van der Waals surface area contributed by atoms with E-state index in [1.54, 1.807) is 0 Å². The van der Waals surface area contributed by atoms with Crippen LogP contribution >= 0.6 is 0 Å². The molecule has 1 heterocycles. The normalized spacial score (nSPS) is 11.6. The van der Waals surface area contributed by atoms with Gasteiger partial charge in [-0.05, 0) is 114 Å². The Hall–Kier alpha value is -7.42. The van der Waals surface area contributed by atoms with Gasteiger partial charge >= 0.3 is 0 Å². The van der Waals surface area contributed by atoms with Gasteiger partial charge in [0, 0.05) is 16.8 Å². The van der Waals surface area contributed by atoms with E-state index in [-0.39, 0.29) is 0 Å². The van der Waals surface area contributed by atoms with Gasteiger partial charge in [0.25, 0.3) is 0 Å². The van der Waals surface area contributed by atoms with Crippen molar-refractivity contribution in [2.24, 2.45) is 0 Å². The second-order valence-corrected chi connectivity index (χ2v) is 14.5. The summed E-state index contributed by atoms with van der Waals surface area (Å²) >= 11 is 0. The monoisotopic (exact) mass is 713 g/mol. The van der Waals surface area contributed by atoms with Gasteiger partial charge in [0.05, 0.1) is 11.1 Å². The standard InChI is InChI=1S/C54H35NO/c1-3-15-46-39(10-1)12-8-18-48(46)42-13-7-14-45(35-42)55(51-19-9-21-53-54(51)50-17-5-6-20-52(50)56-53)44-31-28-37(29-32-44)36-22-24-38(25-23-36)41-30-33-49-43(34-41)27-26-40-11-2-4-16-47(40)49/h1-35H. The summed E-state index contributed by atoms with van der Waals surface area (Å²) < 4.78 is 6.39. The van der Waals surface area contributed by atoms with Crippen molar-refractivity contribution in [2.75, 3.05) is 4.90 Å². The van der Waals surface area contributed by atoms with Crippen LogP contribution in [0.1, 0.15) is 0 Å². The summed E-state index contributed by atoms with van der Waals surface area (Å²) in [5, 5.41) is 9.78. The third-order valence-corrected chi connectivity index (χ3v) is 11.2. The SMILES string of the molecule is c1cc(-c2cccc3ccccc23)cc(N(c2ccc(-c3ccc(-c4ccc5c(ccc6ccccc65)c4)cc3)cc2)c2cccc3oc4ccccc4c23)c1. The molecule has 2 nitrogen and oxygen atoms in total. The van der Waals surface area contributed by atoms with Crippen molar-refractivity contribution >= 4 is 71.3 Å². The third kappa shape index (κ3) is 5.42. The van der Waals surface area contributed by atoms with Crippen LogP contribution < -0.4 is 4.90 Å². The number of furan rings is 1. The van der Waals surface area contributed by atoms with Crippen molar-refractivity contribution in [3.8, 4) is 33.4 Å². The number of rotatable bonds is 6. The van der Waals surface area contributed by atoms with Gasteiger partial charge in [-0.2, -0.15) is 0 Å². The predicted octanol–water partition coefficient (Wildman–Crippen LogP) is 15.5. The predicted molar refractivity (Wildman–Crippen MR) is 237 cm³/mol. The zero-order valence-electron chi connectivity index (χ0n) is 30.6. The zero-order chi connectivity index (χ0) is 37.0. The number of hydrogen-bond acceptors (Lipinski definition) is 2. The first-order valence-electron chi connectivity index (χ1n) is 19.2. The van der Waals surface area contributed by atoms with Gasteiger partial charge in [0.15, 0.2) is 0 Å². The van der Waals surface area contributed by atoms with Crippen LogP contribution in [0.15, 0.2) is 217 Å². The number of hydrogen-bond donors (Lipinski definition) is 0. The van der Waals surface area contributed by atoms with Gasteiger partial charge in [-0.3, -0.25) is 0 Å². The van der Waals surface area contributed by atoms with Gasteiger partial charge in [0.2, 0.25) is 0 Å². The van der Waals surface area contributed by atoms with Crippen LogP contribution in [-0.2, 0) is 0 Å². The highest BCUT2D eigenvalue weighted by atomic mass is 16.3. The minimum Gasteiger partial charge on any atom is -0.456 e. The maximum atomic E-state index is 6.39. The lowest BCUT2D eigenvalue weighted by Gasteiger charge is -2.27. The largest absolute Gasteiger partial charge is 0.456 e. The van der Waals surface area contributed by atoms with Crippen LogP contribution in [0.4, 0.5) is 17.1 Å². The smallest absolute Gasteiger partial charge is 0.137 e. The molecule has 10 aromatic carbocycles. The van der Waals surface area contributed by atoms with Gasteiger partial charge in [-0.1, -0.05) is 164 Å². The molecule has 11 aromatic rings.